The van der Waals surface area contributed by atoms with Gasteiger partial charge in [0.25, 0.3) is 5.91 Å². The Kier molecular flexibility index (Phi) is 5.32. The number of para-hydroxylation sites is 1. The Hall–Kier alpha value is -2.08. The molecule has 2 saturated heterocycles. The van der Waals surface area contributed by atoms with E-state index in [1.807, 2.05) is 0 Å². The molecule has 1 aliphatic carbocycles. The highest BCUT2D eigenvalue weighted by Gasteiger charge is 2.55. The van der Waals surface area contributed by atoms with Gasteiger partial charge in [-0.25, -0.2) is 9.69 Å². The Morgan fingerprint density at radius 3 is 2.64 bits per heavy atom. The third-order valence-electron chi connectivity index (χ3n) is 6.86. The Balaban J connectivity index is 1.45. The van der Waals surface area contributed by atoms with Crippen molar-refractivity contribution in [3.8, 4) is 0 Å². The lowest BCUT2D eigenvalue weighted by molar-refractivity contribution is -0.901. The van der Waals surface area contributed by atoms with Crippen LogP contribution >= 0.6 is 0 Å². The van der Waals surface area contributed by atoms with Crippen molar-refractivity contribution in [3.63, 3.8) is 0 Å². The molecule has 3 amide bonds. The highest BCUT2D eigenvalue weighted by molar-refractivity contribution is 6.07. The van der Waals surface area contributed by atoms with E-state index in [2.05, 4.69) is 48.5 Å². The van der Waals surface area contributed by atoms with E-state index < -0.39 is 5.54 Å². The largest absolute Gasteiger partial charge is 0.371 e. The minimum atomic E-state index is -0.664. The van der Waals surface area contributed by atoms with E-state index in [4.69, 9.17) is 0 Å². The topological polar surface area (TPSA) is 57.1 Å². The van der Waals surface area contributed by atoms with Gasteiger partial charge in [0, 0.05) is 24.3 Å². The maximum atomic E-state index is 13.2. The van der Waals surface area contributed by atoms with Crippen LogP contribution < -0.4 is 15.1 Å². The van der Waals surface area contributed by atoms with E-state index in [-0.39, 0.29) is 17.9 Å². The Labute approximate surface area is 167 Å². The second kappa shape index (κ2) is 7.74. The maximum Gasteiger partial charge on any atom is 0.329 e. The number of amides is 3. The van der Waals surface area contributed by atoms with Gasteiger partial charge in [0.2, 0.25) is 0 Å². The zero-order valence-electron chi connectivity index (χ0n) is 17.2. The molecule has 1 aromatic carbocycles. The van der Waals surface area contributed by atoms with Crippen molar-refractivity contribution in [3.05, 3.63) is 29.8 Å². The van der Waals surface area contributed by atoms with Gasteiger partial charge in [-0.15, -0.1) is 0 Å². The summed E-state index contributed by atoms with van der Waals surface area (Å²) in [6.07, 6.45) is 6.43. The van der Waals surface area contributed by atoms with E-state index in [0.29, 0.717) is 6.67 Å². The van der Waals surface area contributed by atoms with Gasteiger partial charge in [0.05, 0.1) is 7.05 Å². The lowest BCUT2D eigenvalue weighted by Gasteiger charge is -2.36. The summed E-state index contributed by atoms with van der Waals surface area (Å²) in [5, 5.41) is 3.06. The number of carbonyl (C=O) groups excluding carboxylic acids is 2. The third-order valence-corrected chi connectivity index (χ3v) is 6.86. The third kappa shape index (κ3) is 3.39. The summed E-state index contributed by atoms with van der Waals surface area (Å²) in [4.78, 5) is 30.9. The smallest absolute Gasteiger partial charge is 0.329 e. The molecule has 0 aromatic heterocycles. The van der Waals surface area contributed by atoms with Gasteiger partial charge in [-0.3, -0.25) is 4.79 Å². The van der Waals surface area contributed by atoms with E-state index in [1.165, 1.54) is 29.0 Å². The van der Waals surface area contributed by atoms with Crippen LogP contribution in [0.1, 0.15) is 51.0 Å². The Morgan fingerprint density at radius 2 is 1.89 bits per heavy atom. The van der Waals surface area contributed by atoms with Gasteiger partial charge < -0.3 is 15.1 Å². The molecule has 0 bridgehead atoms. The van der Waals surface area contributed by atoms with Gasteiger partial charge in [-0.2, -0.15) is 0 Å². The van der Waals surface area contributed by atoms with Crippen molar-refractivity contribution < 1.29 is 14.5 Å². The molecule has 1 saturated carbocycles. The van der Waals surface area contributed by atoms with Crippen molar-refractivity contribution in [2.75, 3.05) is 31.7 Å². The monoisotopic (exact) mass is 385 g/mol. The van der Waals surface area contributed by atoms with Crippen LogP contribution in [0.15, 0.2) is 24.3 Å². The standard InChI is InChI=1S/C22H32N4O2/c1-17-9-5-6-12-22(17)20(27)26(21(28)23-22)16-24(2)15-18-10-3-4-11-19(18)25-13-7-8-14-25/h3-4,10-11,17H,5-9,12-16H2,1-2H3,(H,23,28)/p+1/t17-,22+/m0/s1. The van der Waals surface area contributed by atoms with Crippen molar-refractivity contribution in [1.29, 1.82) is 0 Å². The van der Waals surface area contributed by atoms with Crippen LogP contribution in [0, 0.1) is 5.92 Å². The number of nitrogens with one attached hydrogen (secondary N) is 2. The van der Waals surface area contributed by atoms with Crippen LogP contribution in [0.4, 0.5) is 10.5 Å². The highest BCUT2D eigenvalue weighted by Crippen LogP contribution is 2.37. The van der Waals surface area contributed by atoms with Crippen molar-refractivity contribution >= 4 is 17.6 Å². The van der Waals surface area contributed by atoms with Crippen LogP contribution in [0.2, 0.25) is 0 Å². The first-order chi connectivity index (χ1) is 13.5. The van der Waals surface area contributed by atoms with Crippen LogP contribution in [-0.4, -0.2) is 49.2 Å². The molecule has 1 aromatic rings. The number of anilines is 1. The summed E-state index contributed by atoms with van der Waals surface area (Å²) < 4.78 is 0. The summed E-state index contributed by atoms with van der Waals surface area (Å²) in [6.45, 7) is 5.54. The Morgan fingerprint density at radius 1 is 1.14 bits per heavy atom. The van der Waals surface area contributed by atoms with E-state index in [9.17, 15) is 9.59 Å². The van der Waals surface area contributed by atoms with Gasteiger partial charge in [0.15, 0.2) is 6.67 Å². The molecule has 152 valence electrons. The number of urea groups is 1. The number of rotatable bonds is 5. The zero-order valence-corrected chi connectivity index (χ0v) is 17.2. The van der Waals surface area contributed by atoms with Crippen molar-refractivity contribution in [2.45, 2.75) is 57.5 Å². The minimum Gasteiger partial charge on any atom is -0.371 e. The quantitative estimate of drug-likeness (QED) is 0.760. The molecule has 2 aliphatic heterocycles. The van der Waals surface area contributed by atoms with E-state index >= 15 is 0 Å². The predicted molar refractivity (Wildman–Crippen MR) is 109 cm³/mol. The maximum absolute atomic E-state index is 13.2. The molecular formula is C22H33N4O2+. The van der Waals surface area contributed by atoms with Gasteiger partial charge in [-0.1, -0.05) is 38.0 Å². The molecule has 3 atom stereocenters. The fraction of sp³-hybridized carbons (Fsp3) is 0.636. The number of hydrogen-bond donors (Lipinski definition) is 2. The fourth-order valence-electron chi connectivity index (χ4n) is 5.22. The molecule has 3 aliphatic rings. The first-order valence-corrected chi connectivity index (χ1v) is 10.8. The number of carbonyl (C=O) groups is 2. The molecule has 6 nitrogen and oxygen atoms in total. The second-order valence-corrected chi connectivity index (χ2v) is 8.90. The molecule has 28 heavy (non-hydrogen) atoms. The molecular weight excluding hydrogens is 352 g/mol. The lowest BCUT2D eigenvalue weighted by atomic mass is 9.73. The van der Waals surface area contributed by atoms with Gasteiger partial charge in [-0.05, 0) is 37.7 Å². The summed E-state index contributed by atoms with van der Waals surface area (Å²) in [5.41, 5.74) is 1.92. The fourth-order valence-corrected chi connectivity index (χ4v) is 5.22. The molecule has 2 heterocycles. The number of hydrogen-bond acceptors (Lipinski definition) is 3. The number of quaternary nitrogens is 1. The highest BCUT2D eigenvalue weighted by atomic mass is 16.2. The molecule has 1 spiro atoms. The second-order valence-electron chi connectivity index (χ2n) is 8.90. The molecule has 3 fully saturated rings. The summed E-state index contributed by atoms with van der Waals surface area (Å²) in [6, 6.07) is 8.33. The molecule has 4 rings (SSSR count). The first-order valence-electron chi connectivity index (χ1n) is 10.8. The van der Waals surface area contributed by atoms with Crippen molar-refractivity contribution in [1.82, 2.24) is 10.2 Å². The van der Waals surface area contributed by atoms with Gasteiger partial charge in [0.1, 0.15) is 12.1 Å². The molecule has 1 unspecified atom stereocenters. The number of imide groups is 1. The normalized spacial score (nSPS) is 28.9. The molecule has 6 heteroatoms. The van der Waals surface area contributed by atoms with E-state index in [0.717, 1.165) is 50.2 Å². The predicted octanol–water partition coefficient (Wildman–Crippen LogP) is 1.76. The Bertz CT molecular complexity index is 746. The summed E-state index contributed by atoms with van der Waals surface area (Å²) in [5.74, 6) is 0.191. The summed E-state index contributed by atoms with van der Waals surface area (Å²) >= 11 is 0. The van der Waals surface area contributed by atoms with Crippen LogP contribution in [0.5, 0.6) is 0 Å². The van der Waals surface area contributed by atoms with Crippen LogP contribution in [-0.2, 0) is 11.3 Å². The van der Waals surface area contributed by atoms with Gasteiger partial charge >= 0.3 is 6.03 Å². The first kappa shape index (κ1) is 19.2. The van der Waals surface area contributed by atoms with Crippen LogP contribution in [0.3, 0.4) is 0 Å². The zero-order chi connectivity index (χ0) is 19.7. The SMILES string of the molecule is C[C@H]1CCCC[C@@]12NC(=O)N(C[NH+](C)Cc1ccccc1N1CCCC1)C2=O. The van der Waals surface area contributed by atoms with E-state index in [1.54, 1.807) is 0 Å². The lowest BCUT2D eigenvalue weighted by Crippen LogP contribution is -3.09. The van der Waals surface area contributed by atoms with Crippen LogP contribution in [0.25, 0.3) is 0 Å². The number of nitrogens with zero attached hydrogens (tertiary/aromatic N) is 2. The number of benzene rings is 1. The molecule has 2 N–H and O–H groups in total. The summed E-state index contributed by atoms with van der Waals surface area (Å²) in [7, 11) is 2.07. The van der Waals surface area contributed by atoms with Crippen molar-refractivity contribution in [2.24, 2.45) is 5.92 Å². The molecule has 0 radical (unpaired) electrons. The average Bonchev–Trinajstić information content (AvgIpc) is 3.29. The average molecular weight is 386 g/mol. The minimum absolute atomic E-state index is 0.0168.